The van der Waals surface area contributed by atoms with Gasteiger partial charge in [-0.05, 0) is 50.4 Å². The molecule has 0 amide bonds. The molecule has 3 rings (SSSR count). The van der Waals surface area contributed by atoms with Crippen molar-refractivity contribution in [2.75, 3.05) is 19.7 Å². The molecule has 0 saturated carbocycles. The van der Waals surface area contributed by atoms with Gasteiger partial charge in [0.05, 0.1) is 6.61 Å². The van der Waals surface area contributed by atoms with Gasteiger partial charge in [-0.1, -0.05) is 12.1 Å². The number of ether oxygens (including phenoxy) is 1. The number of hydrogen-bond donors (Lipinski definition) is 1. The predicted molar refractivity (Wildman–Crippen MR) is 69.7 cm³/mol. The summed E-state index contributed by atoms with van der Waals surface area (Å²) in [5, 5.41) is 3.41. The molecule has 0 radical (unpaired) electrons. The molecule has 0 aliphatic carbocycles. The van der Waals surface area contributed by atoms with Crippen LogP contribution in [0.5, 0.6) is 6.08 Å². The zero-order valence-corrected chi connectivity index (χ0v) is 10.4. The van der Waals surface area contributed by atoms with Crippen LogP contribution in [0.3, 0.4) is 0 Å². The smallest absolute Gasteiger partial charge is 0.394 e. The Bertz CT molecular complexity index is 470. The van der Waals surface area contributed by atoms with E-state index in [0.29, 0.717) is 12.7 Å². The van der Waals surface area contributed by atoms with Gasteiger partial charge in [-0.15, -0.1) is 0 Å². The first kappa shape index (κ1) is 11.5. The molecule has 18 heavy (non-hydrogen) atoms. The molecule has 4 heteroatoms. The fourth-order valence-electron chi connectivity index (χ4n) is 2.40. The van der Waals surface area contributed by atoms with Crippen LogP contribution in [0, 0.1) is 5.92 Å². The highest BCUT2D eigenvalue weighted by atomic mass is 16.6. The Balaban J connectivity index is 1.53. The topological polar surface area (TPSA) is 47.3 Å². The van der Waals surface area contributed by atoms with Crippen LogP contribution in [-0.4, -0.2) is 24.7 Å². The molecule has 1 fully saturated rings. The number of para-hydroxylation sites is 2. The zero-order valence-electron chi connectivity index (χ0n) is 10.4. The fraction of sp³-hybridized carbons (Fsp3) is 0.500. The average Bonchev–Trinajstić information content (AvgIpc) is 2.82. The molecule has 2 heterocycles. The molecular formula is C14H18N2O2. The Hall–Kier alpha value is -1.55. The second-order valence-electron chi connectivity index (χ2n) is 4.80. The molecule has 1 aliphatic heterocycles. The highest BCUT2D eigenvalue weighted by molar-refractivity contribution is 5.72. The van der Waals surface area contributed by atoms with Crippen molar-refractivity contribution in [3.63, 3.8) is 0 Å². The largest absolute Gasteiger partial charge is 0.450 e. The van der Waals surface area contributed by atoms with Gasteiger partial charge in [-0.25, -0.2) is 0 Å². The maximum Gasteiger partial charge on any atom is 0.394 e. The lowest BCUT2D eigenvalue weighted by Crippen LogP contribution is -2.30. The molecule has 1 saturated heterocycles. The van der Waals surface area contributed by atoms with E-state index in [1.165, 1.54) is 12.8 Å². The maximum atomic E-state index is 5.59. The Labute approximate surface area is 106 Å². The number of piperidine rings is 1. The number of nitrogens with one attached hydrogen (secondary N) is 1. The summed E-state index contributed by atoms with van der Waals surface area (Å²) in [4.78, 5) is 4.29. The van der Waals surface area contributed by atoms with Crippen LogP contribution < -0.4 is 10.1 Å². The highest BCUT2D eigenvalue weighted by Gasteiger charge is 2.13. The van der Waals surface area contributed by atoms with Crippen LogP contribution >= 0.6 is 0 Å². The lowest BCUT2D eigenvalue weighted by Gasteiger charge is -2.22. The summed E-state index contributed by atoms with van der Waals surface area (Å²) in [6.07, 6.45) is 4.02. The van der Waals surface area contributed by atoms with Gasteiger partial charge in [0.2, 0.25) is 0 Å². The van der Waals surface area contributed by atoms with Crippen molar-refractivity contribution < 1.29 is 9.15 Å². The number of hydrogen-bond acceptors (Lipinski definition) is 4. The monoisotopic (exact) mass is 246 g/mol. The van der Waals surface area contributed by atoms with E-state index in [0.717, 1.165) is 36.5 Å². The second kappa shape index (κ2) is 5.40. The van der Waals surface area contributed by atoms with E-state index >= 15 is 0 Å². The molecule has 1 aliphatic rings. The summed E-state index contributed by atoms with van der Waals surface area (Å²) < 4.78 is 11.1. The Kier molecular flexibility index (Phi) is 3.46. The van der Waals surface area contributed by atoms with Crippen LogP contribution in [0.25, 0.3) is 11.1 Å². The quantitative estimate of drug-likeness (QED) is 0.900. The first-order chi connectivity index (χ1) is 8.92. The normalized spacial score (nSPS) is 20.1. The number of aromatic nitrogens is 1. The third kappa shape index (κ3) is 2.64. The molecule has 96 valence electrons. The van der Waals surface area contributed by atoms with Gasteiger partial charge in [0, 0.05) is 0 Å². The van der Waals surface area contributed by atoms with Gasteiger partial charge in [0.15, 0.2) is 5.58 Å². The minimum atomic E-state index is 0.389. The number of oxazole rings is 1. The molecule has 2 aromatic rings. The third-order valence-electron chi connectivity index (χ3n) is 3.42. The summed E-state index contributed by atoms with van der Waals surface area (Å²) in [5.41, 5.74) is 1.64. The SMILES string of the molecule is c1ccc2oc(OCC[C@@H]3CCCNC3)nc2c1. The molecule has 1 aromatic heterocycles. The molecule has 1 N–H and O–H groups in total. The Morgan fingerprint density at radius 1 is 1.39 bits per heavy atom. The first-order valence-corrected chi connectivity index (χ1v) is 6.61. The Morgan fingerprint density at radius 2 is 2.33 bits per heavy atom. The molecule has 1 aromatic carbocycles. The van der Waals surface area contributed by atoms with Crippen molar-refractivity contribution in [1.29, 1.82) is 0 Å². The first-order valence-electron chi connectivity index (χ1n) is 6.61. The minimum Gasteiger partial charge on any atom is -0.450 e. The Morgan fingerprint density at radius 3 is 3.17 bits per heavy atom. The maximum absolute atomic E-state index is 5.59. The molecule has 0 bridgehead atoms. The van der Waals surface area contributed by atoms with Crippen molar-refractivity contribution in [1.82, 2.24) is 10.3 Å². The molecule has 4 nitrogen and oxygen atoms in total. The fourth-order valence-corrected chi connectivity index (χ4v) is 2.40. The zero-order chi connectivity index (χ0) is 12.2. The summed E-state index contributed by atoms with van der Waals surface area (Å²) in [5.74, 6) is 0.725. The summed E-state index contributed by atoms with van der Waals surface area (Å²) in [6.45, 7) is 2.94. The van der Waals surface area contributed by atoms with Gasteiger partial charge in [0.1, 0.15) is 5.52 Å². The van der Waals surface area contributed by atoms with Crippen LogP contribution in [0.1, 0.15) is 19.3 Å². The van der Waals surface area contributed by atoms with E-state index in [4.69, 9.17) is 9.15 Å². The van der Waals surface area contributed by atoms with Crippen molar-refractivity contribution in [3.8, 4) is 6.08 Å². The standard InChI is InChI=1S/C14H18N2O2/c1-2-6-13-12(5-1)16-14(18-13)17-9-7-11-4-3-8-15-10-11/h1-2,5-6,11,15H,3-4,7-10H2/t11-/m0/s1. The number of nitrogens with zero attached hydrogens (tertiary/aromatic N) is 1. The van der Waals surface area contributed by atoms with Crippen LogP contribution in [0.2, 0.25) is 0 Å². The van der Waals surface area contributed by atoms with E-state index in [2.05, 4.69) is 10.3 Å². The lowest BCUT2D eigenvalue weighted by atomic mass is 9.97. The van der Waals surface area contributed by atoms with E-state index in [1.54, 1.807) is 0 Å². The van der Waals surface area contributed by atoms with Gasteiger partial charge in [0.25, 0.3) is 0 Å². The second-order valence-corrected chi connectivity index (χ2v) is 4.80. The van der Waals surface area contributed by atoms with E-state index in [-0.39, 0.29) is 0 Å². The van der Waals surface area contributed by atoms with E-state index < -0.39 is 0 Å². The summed E-state index contributed by atoms with van der Waals surface area (Å²) >= 11 is 0. The third-order valence-corrected chi connectivity index (χ3v) is 3.42. The van der Waals surface area contributed by atoms with E-state index in [1.807, 2.05) is 24.3 Å². The number of benzene rings is 1. The molecule has 0 unspecified atom stereocenters. The van der Waals surface area contributed by atoms with Gasteiger partial charge in [-0.2, -0.15) is 4.98 Å². The minimum absolute atomic E-state index is 0.389. The number of rotatable bonds is 4. The molecule has 1 atom stereocenters. The van der Waals surface area contributed by atoms with Gasteiger partial charge >= 0.3 is 6.08 Å². The predicted octanol–water partition coefficient (Wildman–Crippen LogP) is 2.60. The molecule has 0 spiro atoms. The van der Waals surface area contributed by atoms with Gasteiger partial charge < -0.3 is 14.5 Å². The summed E-state index contributed by atoms with van der Waals surface area (Å²) in [7, 11) is 0. The van der Waals surface area contributed by atoms with Crippen LogP contribution in [0.4, 0.5) is 0 Å². The highest BCUT2D eigenvalue weighted by Crippen LogP contribution is 2.21. The van der Waals surface area contributed by atoms with Crippen molar-refractivity contribution >= 4 is 11.1 Å². The average molecular weight is 246 g/mol. The van der Waals surface area contributed by atoms with Gasteiger partial charge in [-0.3, -0.25) is 0 Å². The molecular weight excluding hydrogens is 228 g/mol. The van der Waals surface area contributed by atoms with Crippen molar-refractivity contribution in [2.45, 2.75) is 19.3 Å². The van der Waals surface area contributed by atoms with Crippen LogP contribution in [0.15, 0.2) is 28.7 Å². The van der Waals surface area contributed by atoms with Crippen LogP contribution in [-0.2, 0) is 0 Å². The van der Waals surface area contributed by atoms with Crippen molar-refractivity contribution in [2.24, 2.45) is 5.92 Å². The van der Waals surface area contributed by atoms with E-state index in [9.17, 15) is 0 Å². The lowest BCUT2D eigenvalue weighted by molar-refractivity contribution is 0.205. The van der Waals surface area contributed by atoms with Crippen molar-refractivity contribution in [3.05, 3.63) is 24.3 Å². The summed E-state index contributed by atoms with van der Waals surface area (Å²) in [6, 6.07) is 7.71. The number of fused-ring (bicyclic) bond motifs is 1.